The Morgan fingerprint density at radius 1 is 1.12 bits per heavy atom. The number of aromatic nitrogens is 1. The van der Waals surface area contributed by atoms with E-state index in [0.29, 0.717) is 24.5 Å². The second-order valence-corrected chi connectivity index (χ2v) is 5.94. The molecule has 0 aliphatic carbocycles. The lowest BCUT2D eigenvalue weighted by Gasteiger charge is -2.12. The highest BCUT2D eigenvalue weighted by atomic mass is 16.3. The predicted octanol–water partition coefficient (Wildman–Crippen LogP) is 2.89. The fourth-order valence-corrected chi connectivity index (χ4v) is 2.57. The van der Waals surface area contributed by atoms with E-state index < -0.39 is 6.04 Å². The van der Waals surface area contributed by atoms with E-state index >= 15 is 0 Å². The number of amides is 1. The molecule has 1 atom stereocenters. The molecular formula is C19H22N4O2. The van der Waals surface area contributed by atoms with Crippen LogP contribution in [-0.4, -0.2) is 23.5 Å². The summed E-state index contributed by atoms with van der Waals surface area (Å²) in [6, 6.07) is 14.4. The molecule has 1 aromatic heterocycles. The minimum atomic E-state index is -0.525. The third-order valence-corrected chi connectivity index (χ3v) is 4.00. The lowest BCUT2D eigenvalue weighted by molar-refractivity contribution is -0.117. The first-order chi connectivity index (χ1) is 12.2. The Hall–Kier alpha value is -2.70. The van der Waals surface area contributed by atoms with Crippen LogP contribution in [0.3, 0.4) is 0 Å². The molecular weight excluding hydrogens is 316 g/mol. The van der Waals surface area contributed by atoms with E-state index in [2.05, 4.69) is 10.3 Å². The molecule has 6 nitrogen and oxygen atoms in total. The van der Waals surface area contributed by atoms with Crippen LogP contribution in [0, 0.1) is 0 Å². The average Bonchev–Trinajstić information content (AvgIpc) is 3.06. The topological polar surface area (TPSA) is 107 Å². The minimum Gasteiger partial charge on any atom is -0.436 e. The van der Waals surface area contributed by atoms with Crippen molar-refractivity contribution >= 4 is 22.7 Å². The van der Waals surface area contributed by atoms with Crippen molar-refractivity contribution in [2.75, 3.05) is 11.9 Å². The molecule has 0 saturated heterocycles. The first kappa shape index (κ1) is 17.1. The van der Waals surface area contributed by atoms with Gasteiger partial charge in [-0.25, -0.2) is 4.98 Å². The van der Waals surface area contributed by atoms with Crippen LogP contribution >= 0.6 is 0 Å². The van der Waals surface area contributed by atoms with Crippen molar-refractivity contribution in [3.8, 4) is 11.5 Å². The van der Waals surface area contributed by atoms with Crippen LogP contribution in [0.2, 0.25) is 0 Å². The monoisotopic (exact) mass is 338 g/mol. The van der Waals surface area contributed by atoms with E-state index in [1.165, 1.54) is 0 Å². The molecule has 3 aromatic rings. The van der Waals surface area contributed by atoms with Crippen LogP contribution in [0.15, 0.2) is 52.9 Å². The maximum absolute atomic E-state index is 12.1. The van der Waals surface area contributed by atoms with Crippen molar-refractivity contribution in [2.24, 2.45) is 11.5 Å². The molecule has 0 unspecified atom stereocenters. The summed E-state index contributed by atoms with van der Waals surface area (Å²) in [7, 11) is 0. The molecule has 0 aliphatic heterocycles. The zero-order valence-corrected chi connectivity index (χ0v) is 13.9. The number of rotatable bonds is 7. The summed E-state index contributed by atoms with van der Waals surface area (Å²) < 4.78 is 5.74. The van der Waals surface area contributed by atoms with Crippen LogP contribution in [0.25, 0.3) is 22.6 Å². The highest BCUT2D eigenvalue weighted by Gasteiger charge is 2.13. The number of anilines is 1. The van der Waals surface area contributed by atoms with E-state index in [-0.39, 0.29) is 5.91 Å². The highest BCUT2D eigenvalue weighted by molar-refractivity contribution is 5.94. The van der Waals surface area contributed by atoms with E-state index in [9.17, 15) is 4.79 Å². The van der Waals surface area contributed by atoms with Gasteiger partial charge in [-0.05, 0) is 55.8 Å². The quantitative estimate of drug-likeness (QED) is 0.574. The standard InChI is InChI=1S/C19H22N4O2/c20-12-4-3-5-15(21)18(24)22-14-10-8-13(9-11-14)19-23-16-6-1-2-7-17(16)25-19/h1-2,6-11,15H,3-5,12,20-21H2,(H,22,24)/t15-/m0/s1. The first-order valence-electron chi connectivity index (χ1n) is 8.40. The Kier molecular flexibility index (Phi) is 5.42. The molecule has 0 spiro atoms. The Morgan fingerprint density at radius 3 is 2.60 bits per heavy atom. The summed E-state index contributed by atoms with van der Waals surface area (Å²) in [5, 5.41) is 2.83. The maximum Gasteiger partial charge on any atom is 0.241 e. The van der Waals surface area contributed by atoms with Crippen LogP contribution in [-0.2, 0) is 4.79 Å². The average molecular weight is 338 g/mol. The number of carbonyl (C=O) groups excluding carboxylic acids is 1. The van der Waals surface area contributed by atoms with Crippen LogP contribution in [0.1, 0.15) is 19.3 Å². The first-order valence-corrected chi connectivity index (χ1v) is 8.40. The SMILES string of the molecule is NCCCC[C@H](N)C(=O)Nc1ccc(-c2nc3ccccc3o2)cc1. The molecule has 1 heterocycles. The van der Waals surface area contributed by atoms with Gasteiger partial charge in [-0.15, -0.1) is 0 Å². The molecule has 0 saturated carbocycles. The smallest absolute Gasteiger partial charge is 0.241 e. The fourth-order valence-electron chi connectivity index (χ4n) is 2.57. The van der Waals surface area contributed by atoms with Crippen molar-refractivity contribution in [2.45, 2.75) is 25.3 Å². The van der Waals surface area contributed by atoms with Crippen LogP contribution in [0.4, 0.5) is 5.69 Å². The zero-order chi connectivity index (χ0) is 17.6. The lowest BCUT2D eigenvalue weighted by atomic mass is 10.1. The second-order valence-electron chi connectivity index (χ2n) is 5.94. The lowest BCUT2D eigenvalue weighted by Crippen LogP contribution is -2.35. The molecule has 25 heavy (non-hydrogen) atoms. The number of hydrogen-bond acceptors (Lipinski definition) is 5. The Bertz CT molecular complexity index is 809. The normalized spacial score (nSPS) is 12.2. The number of unbranched alkanes of at least 4 members (excludes halogenated alkanes) is 1. The predicted molar refractivity (Wildman–Crippen MR) is 99.0 cm³/mol. The summed E-state index contributed by atoms with van der Waals surface area (Å²) in [4.78, 5) is 16.5. The number of nitrogens with zero attached hydrogens (tertiary/aromatic N) is 1. The fraction of sp³-hybridized carbons (Fsp3) is 0.263. The maximum atomic E-state index is 12.1. The number of nitrogens with one attached hydrogen (secondary N) is 1. The Labute approximate surface area is 146 Å². The molecule has 0 fully saturated rings. The van der Waals surface area contributed by atoms with Gasteiger partial charge >= 0.3 is 0 Å². The van der Waals surface area contributed by atoms with Crippen molar-refractivity contribution in [3.63, 3.8) is 0 Å². The number of hydrogen-bond donors (Lipinski definition) is 3. The largest absolute Gasteiger partial charge is 0.436 e. The van der Waals surface area contributed by atoms with Gasteiger partial charge in [0.25, 0.3) is 0 Å². The summed E-state index contributed by atoms with van der Waals surface area (Å²) in [6.07, 6.45) is 2.35. The molecule has 3 rings (SSSR count). The Balaban J connectivity index is 1.64. The molecule has 2 aromatic carbocycles. The van der Waals surface area contributed by atoms with Crippen molar-refractivity contribution in [3.05, 3.63) is 48.5 Å². The number of para-hydroxylation sites is 2. The summed E-state index contributed by atoms with van der Waals surface area (Å²) >= 11 is 0. The summed E-state index contributed by atoms with van der Waals surface area (Å²) in [6.45, 7) is 0.617. The second kappa shape index (κ2) is 7.92. The highest BCUT2D eigenvalue weighted by Crippen LogP contribution is 2.25. The van der Waals surface area contributed by atoms with Gasteiger partial charge in [0.15, 0.2) is 5.58 Å². The van der Waals surface area contributed by atoms with Gasteiger partial charge in [-0.3, -0.25) is 4.79 Å². The van der Waals surface area contributed by atoms with Crippen LogP contribution < -0.4 is 16.8 Å². The van der Waals surface area contributed by atoms with E-state index in [1.54, 1.807) is 0 Å². The van der Waals surface area contributed by atoms with Crippen LogP contribution in [0.5, 0.6) is 0 Å². The third-order valence-electron chi connectivity index (χ3n) is 4.00. The molecule has 0 bridgehead atoms. The van der Waals surface area contributed by atoms with Gasteiger partial charge in [0, 0.05) is 11.3 Å². The molecule has 5 N–H and O–H groups in total. The van der Waals surface area contributed by atoms with Crippen molar-refractivity contribution in [1.82, 2.24) is 4.98 Å². The zero-order valence-electron chi connectivity index (χ0n) is 13.9. The van der Waals surface area contributed by atoms with E-state index in [1.807, 2.05) is 48.5 Å². The van der Waals surface area contributed by atoms with Gasteiger partial charge in [-0.1, -0.05) is 18.6 Å². The number of carbonyl (C=O) groups is 1. The van der Waals surface area contributed by atoms with Gasteiger partial charge < -0.3 is 21.2 Å². The molecule has 0 aliphatic rings. The van der Waals surface area contributed by atoms with E-state index in [4.69, 9.17) is 15.9 Å². The van der Waals surface area contributed by atoms with Gasteiger partial charge in [-0.2, -0.15) is 0 Å². The summed E-state index contributed by atoms with van der Waals surface area (Å²) in [5.74, 6) is 0.365. The molecule has 0 radical (unpaired) electrons. The van der Waals surface area contributed by atoms with Crippen molar-refractivity contribution in [1.29, 1.82) is 0 Å². The molecule has 1 amide bonds. The van der Waals surface area contributed by atoms with Gasteiger partial charge in [0.2, 0.25) is 11.8 Å². The van der Waals surface area contributed by atoms with Crippen molar-refractivity contribution < 1.29 is 9.21 Å². The number of benzene rings is 2. The Morgan fingerprint density at radius 2 is 1.88 bits per heavy atom. The number of fused-ring (bicyclic) bond motifs is 1. The number of oxazole rings is 1. The summed E-state index contributed by atoms with van der Waals surface area (Å²) in [5.41, 5.74) is 14.4. The number of nitrogens with two attached hydrogens (primary N) is 2. The van der Waals surface area contributed by atoms with Gasteiger partial charge in [0.1, 0.15) is 5.52 Å². The minimum absolute atomic E-state index is 0.188. The van der Waals surface area contributed by atoms with Gasteiger partial charge in [0.05, 0.1) is 6.04 Å². The molecule has 130 valence electrons. The molecule has 6 heteroatoms. The third kappa shape index (κ3) is 4.23. The van der Waals surface area contributed by atoms with E-state index in [0.717, 1.165) is 29.5 Å².